The van der Waals surface area contributed by atoms with Gasteiger partial charge in [0.05, 0.1) is 0 Å². The summed E-state index contributed by atoms with van der Waals surface area (Å²) < 4.78 is 5.37. The molecular weight excluding hydrogens is 232 g/mol. The van der Waals surface area contributed by atoms with Gasteiger partial charge in [-0.2, -0.15) is 0 Å². The maximum absolute atomic E-state index is 12.0. The molecule has 2 rings (SSSR count). The second kappa shape index (κ2) is 4.14. The standard InChI is InChI=1S/C13H22N2O3/c1-12(2,3)18-11(17)15-6-5-13(9-15)7-10(16)14(4)8-13/h5-9H2,1-4H3. The molecule has 0 radical (unpaired) electrons. The van der Waals surface area contributed by atoms with Crippen LogP contribution in [0.1, 0.15) is 33.6 Å². The summed E-state index contributed by atoms with van der Waals surface area (Å²) in [6.45, 7) is 7.68. The van der Waals surface area contributed by atoms with Crippen LogP contribution in [0.2, 0.25) is 0 Å². The highest BCUT2D eigenvalue weighted by molar-refractivity contribution is 5.79. The quantitative estimate of drug-likeness (QED) is 0.658. The number of amides is 2. The predicted octanol–water partition coefficient (Wildman–Crippen LogP) is 1.48. The molecule has 1 unspecified atom stereocenters. The van der Waals surface area contributed by atoms with Crippen LogP contribution in [0.3, 0.4) is 0 Å². The third-order valence-corrected chi connectivity index (χ3v) is 3.61. The zero-order valence-corrected chi connectivity index (χ0v) is 11.7. The van der Waals surface area contributed by atoms with Gasteiger partial charge in [0.15, 0.2) is 0 Å². The van der Waals surface area contributed by atoms with Gasteiger partial charge in [0, 0.05) is 38.5 Å². The van der Waals surface area contributed by atoms with Crippen molar-refractivity contribution in [2.45, 2.75) is 39.2 Å². The van der Waals surface area contributed by atoms with E-state index in [1.165, 1.54) is 0 Å². The Hall–Kier alpha value is -1.26. The summed E-state index contributed by atoms with van der Waals surface area (Å²) in [5.41, 5.74) is -0.502. The molecule has 0 aromatic rings. The Morgan fingerprint density at radius 3 is 2.50 bits per heavy atom. The number of hydrogen-bond donors (Lipinski definition) is 0. The second-order valence-electron chi connectivity index (χ2n) is 6.58. The van der Waals surface area contributed by atoms with Gasteiger partial charge in [0.1, 0.15) is 5.60 Å². The van der Waals surface area contributed by atoms with Crippen LogP contribution in [0.4, 0.5) is 4.79 Å². The Labute approximate surface area is 108 Å². The molecule has 0 bridgehead atoms. The fourth-order valence-corrected chi connectivity index (χ4v) is 2.79. The first-order valence-electron chi connectivity index (χ1n) is 6.43. The maximum Gasteiger partial charge on any atom is 0.410 e. The lowest BCUT2D eigenvalue weighted by Crippen LogP contribution is -2.37. The van der Waals surface area contributed by atoms with Gasteiger partial charge in [0.2, 0.25) is 5.91 Å². The average Bonchev–Trinajstić information content (AvgIpc) is 2.70. The Kier molecular flexibility index (Phi) is 3.03. The molecule has 1 spiro atoms. The first-order valence-corrected chi connectivity index (χ1v) is 6.43. The summed E-state index contributed by atoms with van der Waals surface area (Å²) in [6, 6.07) is 0. The Morgan fingerprint density at radius 1 is 1.33 bits per heavy atom. The van der Waals surface area contributed by atoms with Gasteiger partial charge in [-0.05, 0) is 27.2 Å². The SMILES string of the molecule is CN1CC2(CCN(C(=O)OC(C)(C)C)C2)CC1=O. The molecular formula is C13H22N2O3. The van der Waals surface area contributed by atoms with Crippen molar-refractivity contribution in [3.8, 4) is 0 Å². The Bertz CT molecular complexity index is 375. The van der Waals surface area contributed by atoms with E-state index in [0.717, 1.165) is 13.0 Å². The first kappa shape index (κ1) is 13.2. The number of rotatable bonds is 0. The average molecular weight is 254 g/mol. The second-order valence-corrected chi connectivity index (χ2v) is 6.58. The number of hydrogen-bond acceptors (Lipinski definition) is 3. The topological polar surface area (TPSA) is 49.9 Å². The van der Waals surface area contributed by atoms with Crippen LogP contribution in [0.5, 0.6) is 0 Å². The molecule has 0 N–H and O–H groups in total. The van der Waals surface area contributed by atoms with E-state index in [-0.39, 0.29) is 17.4 Å². The molecule has 2 aliphatic rings. The predicted molar refractivity (Wildman–Crippen MR) is 67.1 cm³/mol. The normalized spacial score (nSPS) is 28.3. The lowest BCUT2D eigenvalue weighted by Gasteiger charge is -2.26. The molecule has 0 saturated carbocycles. The molecule has 0 aromatic carbocycles. The molecule has 1 atom stereocenters. The molecule has 102 valence electrons. The summed E-state index contributed by atoms with van der Waals surface area (Å²) in [4.78, 5) is 27.1. The molecule has 2 aliphatic heterocycles. The summed E-state index contributed by atoms with van der Waals surface area (Å²) in [7, 11) is 1.83. The maximum atomic E-state index is 12.0. The van der Waals surface area contributed by atoms with Gasteiger partial charge < -0.3 is 14.5 Å². The summed E-state index contributed by atoms with van der Waals surface area (Å²) in [5, 5.41) is 0. The number of carbonyl (C=O) groups excluding carboxylic acids is 2. The molecule has 2 saturated heterocycles. The van der Waals surface area contributed by atoms with Crippen LogP contribution in [0, 0.1) is 5.41 Å². The number of carbonyl (C=O) groups is 2. The molecule has 2 fully saturated rings. The zero-order chi connectivity index (χ0) is 13.6. The van der Waals surface area contributed by atoms with Gasteiger partial charge in [-0.15, -0.1) is 0 Å². The molecule has 0 aromatic heterocycles. The summed E-state index contributed by atoms with van der Waals surface area (Å²) >= 11 is 0. The highest BCUT2D eigenvalue weighted by Crippen LogP contribution is 2.39. The molecule has 18 heavy (non-hydrogen) atoms. The molecule has 0 aliphatic carbocycles. The van der Waals surface area contributed by atoms with Crippen molar-refractivity contribution in [1.29, 1.82) is 0 Å². The smallest absolute Gasteiger partial charge is 0.410 e. The fraction of sp³-hybridized carbons (Fsp3) is 0.846. The minimum atomic E-state index is -0.463. The lowest BCUT2D eigenvalue weighted by atomic mass is 9.86. The van der Waals surface area contributed by atoms with E-state index in [0.29, 0.717) is 19.5 Å². The van der Waals surface area contributed by atoms with Crippen LogP contribution in [0.15, 0.2) is 0 Å². The number of likely N-dealkylation sites (tertiary alicyclic amines) is 2. The van der Waals surface area contributed by atoms with E-state index in [4.69, 9.17) is 4.74 Å². The van der Waals surface area contributed by atoms with Crippen molar-refractivity contribution in [2.75, 3.05) is 26.7 Å². The summed E-state index contributed by atoms with van der Waals surface area (Å²) in [6.07, 6.45) is 1.19. The Morgan fingerprint density at radius 2 is 2.00 bits per heavy atom. The van der Waals surface area contributed by atoms with Crippen LogP contribution >= 0.6 is 0 Å². The molecule has 2 heterocycles. The van der Waals surface area contributed by atoms with Crippen LogP contribution in [-0.2, 0) is 9.53 Å². The highest BCUT2D eigenvalue weighted by Gasteiger charge is 2.47. The van der Waals surface area contributed by atoms with Crippen molar-refractivity contribution >= 4 is 12.0 Å². The monoisotopic (exact) mass is 254 g/mol. The van der Waals surface area contributed by atoms with E-state index in [2.05, 4.69) is 0 Å². The molecule has 2 amide bonds. The Balaban J connectivity index is 1.97. The van der Waals surface area contributed by atoms with E-state index in [9.17, 15) is 9.59 Å². The van der Waals surface area contributed by atoms with Gasteiger partial charge in [-0.1, -0.05) is 0 Å². The van der Waals surface area contributed by atoms with E-state index in [1.807, 2.05) is 27.8 Å². The van der Waals surface area contributed by atoms with E-state index in [1.54, 1.807) is 9.80 Å². The van der Waals surface area contributed by atoms with Gasteiger partial charge >= 0.3 is 6.09 Å². The van der Waals surface area contributed by atoms with Crippen molar-refractivity contribution in [1.82, 2.24) is 9.80 Å². The van der Waals surface area contributed by atoms with Gasteiger partial charge in [-0.25, -0.2) is 4.79 Å². The van der Waals surface area contributed by atoms with E-state index < -0.39 is 5.60 Å². The van der Waals surface area contributed by atoms with Crippen LogP contribution in [0.25, 0.3) is 0 Å². The molecule has 5 heteroatoms. The minimum Gasteiger partial charge on any atom is -0.444 e. The largest absolute Gasteiger partial charge is 0.444 e. The van der Waals surface area contributed by atoms with Gasteiger partial charge in [-0.3, -0.25) is 4.79 Å². The third-order valence-electron chi connectivity index (χ3n) is 3.61. The lowest BCUT2D eigenvalue weighted by molar-refractivity contribution is -0.126. The van der Waals surface area contributed by atoms with Crippen LogP contribution < -0.4 is 0 Å². The van der Waals surface area contributed by atoms with Gasteiger partial charge in [0.25, 0.3) is 0 Å². The van der Waals surface area contributed by atoms with Crippen molar-refractivity contribution in [3.05, 3.63) is 0 Å². The van der Waals surface area contributed by atoms with Crippen molar-refractivity contribution in [2.24, 2.45) is 5.41 Å². The zero-order valence-electron chi connectivity index (χ0n) is 11.7. The number of ether oxygens (including phenoxy) is 1. The number of nitrogens with zero attached hydrogens (tertiary/aromatic N) is 2. The minimum absolute atomic E-state index is 0.0390. The van der Waals surface area contributed by atoms with Crippen molar-refractivity contribution < 1.29 is 14.3 Å². The van der Waals surface area contributed by atoms with E-state index >= 15 is 0 Å². The highest BCUT2D eigenvalue weighted by atomic mass is 16.6. The van der Waals surface area contributed by atoms with Crippen molar-refractivity contribution in [3.63, 3.8) is 0 Å². The summed E-state index contributed by atoms with van der Waals surface area (Å²) in [5.74, 6) is 0.182. The molecule has 5 nitrogen and oxygen atoms in total. The third kappa shape index (κ3) is 2.60. The fourth-order valence-electron chi connectivity index (χ4n) is 2.79. The first-order chi connectivity index (χ1) is 8.21. The van der Waals surface area contributed by atoms with Crippen LogP contribution in [-0.4, -0.2) is 54.1 Å².